The Morgan fingerprint density at radius 2 is 1.40 bits per heavy atom. The molecule has 35 heavy (non-hydrogen) atoms. The van der Waals surface area contributed by atoms with E-state index in [-0.39, 0.29) is 18.4 Å². The summed E-state index contributed by atoms with van der Waals surface area (Å²) in [6, 6.07) is 24.9. The predicted octanol–water partition coefficient (Wildman–Crippen LogP) is 5.44. The number of carbonyl (C=O) groups excluding carboxylic acids is 3. The van der Waals surface area contributed by atoms with Gasteiger partial charge in [0.2, 0.25) is 5.91 Å². The van der Waals surface area contributed by atoms with Gasteiger partial charge >= 0.3 is 0 Å². The van der Waals surface area contributed by atoms with Crippen molar-refractivity contribution in [3.63, 3.8) is 0 Å². The first-order chi connectivity index (χ1) is 17.0. The van der Waals surface area contributed by atoms with Gasteiger partial charge in [0.05, 0.1) is 17.3 Å². The van der Waals surface area contributed by atoms with Gasteiger partial charge in [-0.1, -0.05) is 79.4 Å². The van der Waals surface area contributed by atoms with E-state index in [4.69, 9.17) is 11.6 Å². The molecule has 1 fully saturated rings. The lowest BCUT2D eigenvalue weighted by Gasteiger charge is -2.45. The molecule has 7 heteroatoms. The second-order valence-electron chi connectivity index (χ2n) is 8.64. The number of nitrogens with zero attached hydrogens (tertiary/aromatic N) is 1. The quantitative estimate of drug-likeness (QED) is 0.463. The van der Waals surface area contributed by atoms with Crippen molar-refractivity contribution in [1.29, 1.82) is 0 Å². The number of para-hydroxylation sites is 2. The van der Waals surface area contributed by atoms with Crippen LogP contribution >= 0.6 is 11.6 Å². The van der Waals surface area contributed by atoms with Crippen LogP contribution in [-0.2, 0) is 9.59 Å². The van der Waals surface area contributed by atoms with Crippen LogP contribution in [-0.4, -0.2) is 29.8 Å². The van der Waals surface area contributed by atoms with Gasteiger partial charge in [-0.15, -0.1) is 0 Å². The van der Waals surface area contributed by atoms with Crippen LogP contribution in [0.5, 0.6) is 0 Å². The molecule has 0 bridgehead atoms. The van der Waals surface area contributed by atoms with Gasteiger partial charge in [0.25, 0.3) is 11.8 Å². The van der Waals surface area contributed by atoms with Crippen LogP contribution in [0.15, 0.2) is 84.9 Å². The molecule has 0 aliphatic heterocycles. The molecule has 180 valence electrons. The molecule has 0 saturated heterocycles. The highest BCUT2D eigenvalue weighted by molar-refractivity contribution is 6.34. The zero-order valence-electron chi connectivity index (χ0n) is 19.4. The first-order valence-electron chi connectivity index (χ1n) is 11.8. The van der Waals surface area contributed by atoms with E-state index in [9.17, 15) is 14.4 Å². The van der Waals surface area contributed by atoms with E-state index in [1.807, 2.05) is 36.4 Å². The number of anilines is 2. The van der Waals surface area contributed by atoms with Crippen molar-refractivity contribution >= 4 is 40.7 Å². The van der Waals surface area contributed by atoms with E-state index in [1.54, 1.807) is 48.5 Å². The minimum absolute atomic E-state index is 0.258. The molecule has 0 unspecified atom stereocenters. The summed E-state index contributed by atoms with van der Waals surface area (Å²) in [6.07, 6.45) is 3.57. The van der Waals surface area contributed by atoms with Crippen LogP contribution < -0.4 is 15.5 Å². The van der Waals surface area contributed by atoms with Gasteiger partial charge in [0.15, 0.2) is 0 Å². The Morgan fingerprint density at radius 3 is 2.06 bits per heavy atom. The summed E-state index contributed by atoms with van der Waals surface area (Å²) in [6.45, 7) is -0.265. The van der Waals surface area contributed by atoms with Gasteiger partial charge in [-0.3, -0.25) is 19.3 Å². The van der Waals surface area contributed by atoms with Gasteiger partial charge in [0.1, 0.15) is 5.54 Å². The first-order valence-corrected chi connectivity index (χ1v) is 12.2. The van der Waals surface area contributed by atoms with Crippen molar-refractivity contribution in [3.8, 4) is 0 Å². The lowest BCUT2D eigenvalue weighted by atomic mass is 9.78. The molecule has 2 N–H and O–H groups in total. The van der Waals surface area contributed by atoms with Crippen molar-refractivity contribution in [2.24, 2.45) is 0 Å². The fraction of sp³-hybridized carbons (Fsp3) is 0.250. The second-order valence-corrected chi connectivity index (χ2v) is 9.05. The second kappa shape index (κ2) is 11.2. The Labute approximate surface area is 210 Å². The van der Waals surface area contributed by atoms with Crippen LogP contribution in [0.3, 0.4) is 0 Å². The maximum absolute atomic E-state index is 13.8. The third-order valence-corrected chi connectivity index (χ3v) is 6.66. The number of amides is 3. The molecule has 3 aromatic rings. The van der Waals surface area contributed by atoms with Crippen molar-refractivity contribution < 1.29 is 14.4 Å². The highest BCUT2D eigenvalue weighted by Gasteiger charge is 2.48. The van der Waals surface area contributed by atoms with E-state index >= 15 is 0 Å². The van der Waals surface area contributed by atoms with E-state index in [0.717, 1.165) is 19.3 Å². The first kappa shape index (κ1) is 24.5. The largest absolute Gasteiger partial charge is 0.343 e. The summed E-state index contributed by atoms with van der Waals surface area (Å²) < 4.78 is 0. The number of hydrogen-bond donors (Lipinski definition) is 2. The Bertz CT molecular complexity index is 1180. The minimum Gasteiger partial charge on any atom is -0.343 e. The Morgan fingerprint density at radius 1 is 0.800 bits per heavy atom. The van der Waals surface area contributed by atoms with E-state index in [0.29, 0.717) is 34.8 Å². The average Bonchev–Trinajstić information content (AvgIpc) is 2.90. The summed E-state index contributed by atoms with van der Waals surface area (Å²) in [4.78, 5) is 41.7. The molecule has 1 saturated carbocycles. The summed E-state index contributed by atoms with van der Waals surface area (Å²) >= 11 is 6.55. The number of nitrogens with one attached hydrogen (secondary N) is 2. The van der Waals surface area contributed by atoms with Crippen LogP contribution in [0.2, 0.25) is 5.02 Å². The molecule has 0 spiro atoms. The van der Waals surface area contributed by atoms with Gasteiger partial charge in [-0.05, 0) is 49.2 Å². The number of rotatable bonds is 7. The minimum atomic E-state index is -1.13. The molecule has 1 aliphatic rings. The van der Waals surface area contributed by atoms with E-state index in [1.165, 1.54) is 4.90 Å². The third-order valence-electron chi connectivity index (χ3n) is 6.34. The van der Waals surface area contributed by atoms with Gasteiger partial charge in [-0.2, -0.15) is 0 Å². The van der Waals surface area contributed by atoms with Crippen LogP contribution in [0.1, 0.15) is 42.5 Å². The fourth-order valence-electron chi connectivity index (χ4n) is 4.62. The molecule has 4 rings (SSSR count). The lowest BCUT2D eigenvalue weighted by molar-refractivity contribution is -0.127. The maximum Gasteiger partial charge on any atom is 0.251 e. The van der Waals surface area contributed by atoms with Gasteiger partial charge in [0, 0.05) is 11.3 Å². The van der Waals surface area contributed by atoms with Crippen LogP contribution in [0, 0.1) is 0 Å². The molecular formula is C28H28ClN3O3. The highest BCUT2D eigenvalue weighted by atomic mass is 35.5. The number of halogens is 1. The lowest BCUT2D eigenvalue weighted by Crippen LogP contribution is -2.62. The topological polar surface area (TPSA) is 78.5 Å². The number of carbonyl (C=O) groups is 3. The number of hydrogen-bond acceptors (Lipinski definition) is 3. The molecule has 0 atom stereocenters. The Kier molecular flexibility index (Phi) is 7.83. The third kappa shape index (κ3) is 5.54. The standard InChI is InChI=1S/C28H28ClN3O3/c29-23-16-8-9-17-24(23)32(25(33)20-30-26(34)21-12-4-1-5-13-21)28(18-10-3-11-19-28)27(35)31-22-14-6-2-7-15-22/h1-2,4-9,12-17H,3,10-11,18-20H2,(H,30,34)(H,31,35). The molecule has 0 aromatic heterocycles. The molecule has 6 nitrogen and oxygen atoms in total. The molecular weight excluding hydrogens is 462 g/mol. The average molecular weight is 490 g/mol. The Balaban J connectivity index is 1.68. The number of benzene rings is 3. The van der Waals surface area contributed by atoms with Crippen LogP contribution in [0.25, 0.3) is 0 Å². The van der Waals surface area contributed by atoms with Crippen molar-refractivity contribution in [3.05, 3.63) is 95.5 Å². The smallest absolute Gasteiger partial charge is 0.251 e. The normalized spacial score (nSPS) is 14.5. The van der Waals surface area contributed by atoms with Crippen molar-refractivity contribution in [2.75, 3.05) is 16.8 Å². The van der Waals surface area contributed by atoms with Crippen molar-refractivity contribution in [2.45, 2.75) is 37.6 Å². The highest BCUT2D eigenvalue weighted by Crippen LogP contribution is 2.40. The van der Waals surface area contributed by atoms with E-state index < -0.39 is 11.4 Å². The summed E-state index contributed by atoms with van der Waals surface area (Å²) in [5.74, 6) is -1.01. The fourth-order valence-corrected chi connectivity index (χ4v) is 4.84. The summed E-state index contributed by atoms with van der Waals surface area (Å²) in [7, 11) is 0. The molecule has 0 radical (unpaired) electrons. The predicted molar refractivity (Wildman–Crippen MR) is 139 cm³/mol. The molecule has 3 amide bonds. The summed E-state index contributed by atoms with van der Waals surface area (Å²) in [5, 5.41) is 6.08. The SMILES string of the molecule is O=C(NCC(=O)N(c1ccccc1Cl)C1(C(=O)Nc2ccccc2)CCCCC1)c1ccccc1. The zero-order valence-corrected chi connectivity index (χ0v) is 20.1. The van der Waals surface area contributed by atoms with Crippen molar-refractivity contribution in [1.82, 2.24) is 5.32 Å². The monoisotopic (exact) mass is 489 g/mol. The maximum atomic E-state index is 13.8. The molecule has 3 aromatic carbocycles. The molecule has 1 aliphatic carbocycles. The summed E-state index contributed by atoms with van der Waals surface area (Å²) in [5.41, 5.74) is 0.441. The zero-order chi connectivity index (χ0) is 24.7. The van der Waals surface area contributed by atoms with Gasteiger partial charge in [-0.25, -0.2) is 0 Å². The van der Waals surface area contributed by atoms with Gasteiger partial charge < -0.3 is 10.6 Å². The molecule has 0 heterocycles. The van der Waals surface area contributed by atoms with E-state index in [2.05, 4.69) is 10.6 Å². The van der Waals surface area contributed by atoms with Crippen LogP contribution in [0.4, 0.5) is 11.4 Å². The Hall–Kier alpha value is -3.64.